The second kappa shape index (κ2) is 5.34. The van der Waals surface area contributed by atoms with Crippen LogP contribution in [0.4, 0.5) is 20.2 Å². The molecule has 1 heterocycles. The van der Waals surface area contributed by atoms with Crippen LogP contribution in [0.3, 0.4) is 0 Å². The van der Waals surface area contributed by atoms with Gasteiger partial charge in [0.25, 0.3) is 10.0 Å². The number of halogens is 2. The van der Waals surface area contributed by atoms with Crippen molar-refractivity contribution in [3.63, 3.8) is 0 Å². The number of nitrogen functional groups attached to an aromatic ring is 1. The fourth-order valence-corrected chi connectivity index (χ4v) is 2.46. The minimum absolute atomic E-state index is 0.0335. The van der Waals surface area contributed by atoms with Gasteiger partial charge < -0.3 is 5.73 Å². The molecule has 0 unspecified atom stereocenters. The van der Waals surface area contributed by atoms with E-state index < -0.39 is 33.0 Å². The van der Waals surface area contributed by atoms with Gasteiger partial charge in [-0.25, -0.2) is 22.2 Å². The van der Waals surface area contributed by atoms with Crippen molar-refractivity contribution < 1.29 is 17.2 Å². The maximum Gasteiger partial charge on any atom is 0.263 e. The third kappa shape index (κ3) is 3.06. The first kappa shape index (κ1) is 14.7. The normalized spacial score (nSPS) is 10.9. The first-order valence-electron chi connectivity index (χ1n) is 5.47. The Kier molecular flexibility index (Phi) is 3.73. The lowest BCUT2D eigenvalue weighted by Crippen LogP contribution is -2.15. The van der Waals surface area contributed by atoms with Gasteiger partial charge in [0.15, 0.2) is 0 Å². The quantitative estimate of drug-likeness (QED) is 0.837. The van der Waals surface area contributed by atoms with E-state index >= 15 is 0 Å². The smallest absolute Gasteiger partial charge is 0.263 e. The molecule has 3 N–H and O–H groups in total. The number of nitrogens with two attached hydrogens (primary N) is 1. The minimum Gasteiger partial charge on any atom is -0.396 e. The Morgan fingerprint density at radius 3 is 2.52 bits per heavy atom. The van der Waals surface area contributed by atoms with Crippen LogP contribution in [-0.2, 0) is 10.0 Å². The average Bonchev–Trinajstić information content (AvgIpc) is 2.44. The summed E-state index contributed by atoms with van der Waals surface area (Å²) in [5.41, 5.74) is 4.41. The molecule has 0 spiro atoms. The van der Waals surface area contributed by atoms with Crippen molar-refractivity contribution in [2.75, 3.05) is 10.5 Å². The highest BCUT2D eigenvalue weighted by Crippen LogP contribution is 2.23. The number of hydrogen-bond donors (Lipinski definition) is 2. The summed E-state index contributed by atoms with van der Waals surface area (Å²) in [6, 6.07) is 5.38. The summed E-state index contributed by atoms with van der Waals surface area (Å²) in [5.74, 6) is -2.10. The zero-order valence-corrected chi connectivity index (χ0v) is 11.2. The molecule has 0 bridgehead atoms. The second-order valence-electron chi connectivity index (χ2n) is 3.95. The van der Waals surface area contributed by atoms with E-state index in [1.807, 2.05) is 4.72 Å². The molecule has 2 aromatic rings. The van der Waals surface area contributed by atoms with Gasteiger partial charge in [-0.05, 0) is 18.2 Å². The molecule has 0 saturated carbocycles. The molecule has 0 aliphatic carbocycles. The Hall–Kier alpha value is -2.73. The fraction of sp³-hybridized carbons (Fsp3) is 0. The number of hydrogen-bond acceptors (Lipinski definition) is 5. The van der Waals surface area contributed by atoms with Crippen LogP contribution in [0.5, 0.6) is 0 Å². The third-order valence-electron chi connectivity index (χ3n) is 2.49. The van der Waals surface area contributed by atoms with Crippen molar-refractivity contribution >= 4 is 21.4 Å². The van der Waals surface area contributed by atoms with E-state index in [0.29, 0.717) is 6.07 Å². The number of anilines is 2. The fourth-order valence-electron chi connectivity index (χ4n) is 1.45. The first-order chi connectivity index (χ1) is 9.83. The molecular formula is C12H8F2N4O2S. The highest BCUT2D eigenvalue weighted by Gasteiger charge is 2.18. The zero-order chi connectivity index (χ0) is 15.6. The van der Waals surface area contributed by atoms with E-state index in [2.05, 4.69) is 4.98 Å². The highest BCUT2D eigenvalue weighted by molar-refractivity contribution is 7.92. The molecule has 0 fully saturated rings. The molecular weight excluding hydrogens is 302 g/mol. The zero-order valence-electron chi connectivity index (χ0n) is 10.3. The first-order valence-corrected chi connectivity index (χ1v) is 6.95. The van der Waals surface area contributed by atoms with E-state index in [4.69, 9.17) is 11.0 Å². The maximum absolute atomic E-state index is 13.5. The molecule has 0 aliphatic heterocycles. The number of nitriles is 1. The van der Waals surface area contributed by atoms with E-state index in [0.717, 1.165) is 18.3 Å². The summed E-state index contributed by atoms with van der Waals surface area (Å²) in [6.45, 7) is 0. The van der Waals surface area contributed by atoms with Crippen molar-refractivity contribution in [1.29, 1.82) is 5.26 Å². The van der Waals surface area contributed by atoms with E-state index in [9.17, 15) is 17.2 Å². The number of rotatable bonds is 3. The Labute approximate surface area is 118 Å². The SMILES string of the molecule is N#Cc1ccc(S(=O)(=O)Nc2cc(N)c(F)cc2F)cn1. The number of sulfonamides is 1. The third-order valence-corrected chi connectivity index (χ3v) is 3.84. The van der Waals surface area contributed by atoms with Crippen molar-refractivity contribution in [3.8, 4) is 6.07 Å². The van der Waals surface area contributed by atoms with E-state index in [1.54, 1.807) is 6.07 Å². The van der Waals surface area contributed by atoms with E-state index in [-0.39, 0.29) is 10.6 Å². The van der Waals surface area contributed by atoms with Gasteiger partial charge in [0.1, 0.15) is 28.3 Å². The van der Waals surface area contributed by atoms with Crippen LogP contribution in [-0.4, -0.2) is 13.4 Å². The molecule has 1 aromatic heterocycles. The summed E-state index contributed by atoms with van der Waals surface area (Å²) in [7, 11) is -4.13. The molecule has 1 aromatic carbocycles. The van der Waals surface area contributed by atoms with Crippen LogP contribution in [0.25, 0.3) is 0 Å². The summed E-state index contributed by atoms with van der Waals surface area (Å²) in [6.07, 6.45) is 0.950. The topological polar surface area (TPSA) is 109 Å². The van der Waals surface area contributed by atoms with Gasteiger partial charge in [-0.3, -0.25) is 4.72 Å². The molecule has 6 nitrogen and oxygen atoms in total. The van der Waals surface area contributed by atoms with Crippen LogP contribution < -0.4 is 10.5 Å². The highest BCUT2D eigenvalue weighted by atomic mass is 32.2. The summed E-state index contributed by atoms with van der Waals surface area (Å²) >= 11 is 0. The van der Waals surface area contributed by atoms with Crippen molar-refractivity contribution in [2.45, 2.75) is 4.90 Å². The maximum atomic E-state index is 13.5. The lowest BCUT2D eigenvalue weighted by molar-refractivity contribution is 0.585. The molecule has 9 heteroatoms. The molecule has 21 heavy (non-hydrogen) atoms. The lowest BCUT2D eigenvalue weighted by Gasteiger charge is -2.09. The summed E-state index contributed by atoms with van der Waals surface area (Å²) < 4.78 is 52.5. The standard InChI is InChI=1S/C12H8F2N4O2S/c13-9-3-10(14)12(4-11(9)16)18-21(19,20)8-2-1-7(5-15)17-6-8/h1-4,6,18H,16H2. The number of benzene rings is 1. The van der Waals surface area contributed by atoms with Gasteiger partial charge in [-0.15, -0.1) is 0 Å². The number of pyridine rings is 1. The largest absolute Gasteiger partial charge is 0.396 e. The van der Waals surface area contributed by atoms with Crippen molar-refractivity contribution in [1.82, 2.24) is 4.98 Å². The van der Waals surface area contributed by atoms with Gasteiger partial charge in [-0.2, -0.15) is 5.26 Å². The van der Waals surface area contributed by atoms with Crippen LogP contribution in [0.1, 0.15) is 5.69 Å². The molecule has 2 rings (SSSR count). The molecule has 108 valence electrons. The Bertz CT molecular complexity index is 830. The molecule has 0 saturated heterocycles. The number of nitrogens with zero attached hydrogens (tertiary/aromatic N) is 2. The minimum atomic E-state index is -4.13. The Morgan fingerprint density at radius 1 is 1.24 bits per heavy atom. The average molecular weight is 310 g/mol. The van der Waals surface area contributed by atoms with Crippen LogP contribution in [0.2, 0.25) is 0 Å². The Morgan fingerprint density at radius 2 is 1.95 bits per heavy atom. The molecule has 0 atom stereocenters. The van der Waals surface area contributed by atoms with Crippen LogP contribution in [0.15, 0.2) is 35.4 Å². The Balaban J connectivity index is 2.37. The number of nitrogens with one attached hydrogen (secondary N) is 1. The molecule has 0 aliphatic rings. The summed E-state index contributed by atoms with van der Waals surface area (Å²) in [4.78, 5) is 3.33. The van der Waals surface area contributed by atoms with Crippen LogP contribution in [0, 0.1) is 23.0 Å². The van der Waals surface area contributed by atoms with Crippen molar-refractivity contribution in [2.24, 2.45) is 0 Å². The van der Waals surface area contributed by atoms with Gasteiger partial charge in [0.05, 0.1) is 11.4 Å². The second-order valence-corrected chi connectivity index (χ2v) is 5.63. The van der Waals surface area contributed by atoms with Gasteiger partial charge >= 0.3 is 0 Å². The lowest BCUT2D eigenvalue weighted by atomic mass is 10.2. The van der Waals surface area contributed by atoms with Gasteiger partial charge in [0.2, 0.25) is 0 Å². The predicted octanol–water partition coefficient (Wildman–Crippen LogP) is 1.61. The van der Waals surface area contributed by atoms with E-state index in [1.165, 1.54) is 6.07 Å². The molecule has 0 radical (unpaired) electrons. The monoisotopic (exact) mass is 310 g/mol. The molecule has 0 amide bonds. The number of aromatic nitrogens is 1. The van der Waals surface area contributed by atoms with Gasteiger partial charge in [0, 0.05) is 12.3 Å². The predicted molar refractivity (Wildman–Crippen MR) is 70.5 cm³/mol. The van der Waals surface area contributed by atoms with Gasteiger partial charge in [-0.1, -0.05) is 0 Å². The van der Waals surface area contributed by atoms with Crippen molar-refractivity contribution in [3.05, 3.63) is 47.8 Å². The summed E-state index contributed by atoms with van der Waals surface area (Å²) in [5, 5.41) is 8.58. The van der Waals surface area contributed by atoms with Crippen LogP contribution >= 0.6 is 0 Å².